The van der Waals surface area contributed by atoms with Gasteiger partial charge in [-0.25, -0.2) is 0 Å². The van der Waals surface area contributed by atoms with Crippen LogP contribution in [0.15, 0.2) is 35.2 Å². The number of β-amino-alcohol motifs (C(OH)–C–C–N with tert-alkyl or cyclic N) is 1. The topological polar surface area (TPSA) is 87.5 Å². The molecule has 148 valence electrons. The van der Waals surface area contributed by atoms with Gasteiger partial charge in [-0.3, -0.25) is 14.3 Å². The molecule has 3 heterocycles. The van der Waals surface area contributed by atoms with E-state index in [2.05, 4.69) is 35.5 Å². The monoisotopic (exact) mass is 400 g/mol. The number of benzene rings is 1. The van der Waals surface area contributed by atoms with E-state index < -0.39 is 6.10 Å². The summed E-state index contributed by atoms with van der Waals surface area (Å²) in [5.74, 6) is -0.460. The number of likely N-dealkylation sites (tertiary alicyclic amines) is 1. The number of aliphatic hydroxyl groups is 1. The molecule has 8 heteroatoms. The van der Waals surface area contributed by atoms with E-state index in [1.54, 1.807) is 0 Å². The fraction of sp³-hybridized carbons (Fsp3) is 0.450. The zero-order valence-corrected chi connectivity index (χ0v) is 16.6. The van der Waals surface area contributed by atoms with Crippen LogP contribution in [0.4, 0.5) is 0 Å². The SMILES string of the molecule is Cc1ccccc1SC1CCN(C(=O)c2cc3n(n2)CC(O)CNC3=O)CC1. The van der Waals surface area contributed by atoms with Crippen molar-refractivity contribution in [1.29, 1.82) is 0 Å². The van der Waals surface area contributed by atoms with Gasteiger partial charge in [-0.1, -0.05) is 18.2 Å². The molecular weight excluding hydrogens is 376 g/mol. The number of aromatic nitrogens is 2. The normalized spacial score (nSPS) is 20.4. The minimum absolute atomic E-state index is 0.151. The Hall–Kier alpha value is -2.32. The van der Waals surface area contributed by atoms with Gasteiger partial charge in [-0.05, 0) is 31.4 Å². The van der Waals surface area contributed by atoms with Crippen LogP contribution in [-0.4, -0.2) is 62.6 Å². The summed E-state index contributed by atoms with van der Waals surface area (Å²) in [5.41, 5.74) is 1.88. The predicted molar refractivity (Wildman–Crippen MR) is 107 cm³/mol. The number of hydrogen-bond acceptors (Lipinski definition) is 5. The van der Waals surface area contributed by atoms with E-state index in [-0.39, 0.29) is 30.6 Å². The Morgan fingerprint density at radius 2 is 2.04 bits per heavy atom. The van der Waals surface area contributed by atoms with Gasteiger partial charge in [0.1, 0.15) is 5.69 Å². The van der Waals surface area contributed by atoms with E-state index in [1.807, 2.05) is 22.7 Å². The Morgan fingerprint density at radius 1 is 1.29 bits per heavy atom. The van der Waals surface area contributed by atoms with Crippen LogP contribution in [-0.2, 0) is 6.54 Å². The van der Waals surface area contributed by atoms with Gasteiger partial charge >= 0.3 is 0 Å². The van der Waals surface area contributed by atoms with Crippen LogP contribution in [0.2, 0.25) is 0 Å². The molecule has 2 amide bonds. The molecule has 1 unspecified atom stereocenters. The zero-order valence-electron chi connectivity index (χ0n) is 15.8. The van der Waals surface area contributed by atoms with Crippen LogP contribution in [0, 0.1) is 6.92 Å². The second kappa shape index (κ2) is 7.97. The Kier molecular flexibility index (Phi) is 5.41. The van der Waals surface area contributed by atoms with Crippen molar-refractivity contribution in [2.24, 2.45) is 0 Å². The molecule has 0 saturated carbocycles. The summed E-state index contributed by atoms with van der Waals surface area (Å²) in [4.78, 5) is 28.1. The maximum absolute atomic E-state index is 12.9. The summed E-state index contributed by atoms with van der Waals surface area (Å²) in [6.45, 7) is 3.88. The van der Waals surface area contributed by atoms with Crippen molar-refractivity contribution in [2.45, 2.75) is 42.6 Å². The molecule has 0 bridgehead atoms. The summed E-state index contributed by atoms with van der Waals surface area (Å²) < 4.78 is 1.43. The number of aliphatic hydroxyl groups excluding tert-OH is 1. The van der Waals surface area contributed by atoms with Gasteiger partial charge in [0, 0.05) is 35.8 Å². The highest BCUT2D eigenvalue weighted by Crippen LogP contribution is 2.32. The molecule has 2 aromatic rings. The van der Waals surface area contributed by atoms with Gasteiger partial charge in [0.2, 0.25) is 0 Å². The average Bonchev–Trinajstić information content (AvgIpc) is 3.06. The van der Waals surface area contributed by atoms with Gasteiger partial charge < -0.3 is 15.3 Å². The largest absolute Gasteiger partial charge is 0.389 e. The Balaban J connectivity index is 1.39. The summed E-state index contributed by atoms with van der Waals surface area (Å²) in [7, 11) is 0. The average molecular weight is 401 g/mol. The fourth-order valence-electron chi connectivity index (χ4n) is 3.62. The highest BCUT2D eigenvalue weighted by molar-refractivity contribution is 8.00. The smallest absolute Gasteiger partial charge is 0.274 e. The molecule has 2 aliphatic heterocycles. The number of amides is 2. The molecule has 1 aromatic heterocycles. The number of piperidine rings is 1. The maximum atomic E-state index is 12.9. The van der Waals surface area contributed by atoms with E-state index in [4.69, 9.17) is 0 Å². The minimum Gasteiger partial charge on any atom is -0.389 e. The second-order valence-corrected chi connectivity index (χ2v) is 8.68. The third kappa shape index (κ3) is 3.93. The predicted octanol–water partition coefficient (Wildman–Crippen LogP) is 1.69. The standard InChI is InChI=1S/C20H24N4O3S/c1-13-4-2-3-5-18(13)28-15-6-8-23(9-7-15)20(27)16-10-17-19(26)21-11-14(25)12-24(17)22-16/h2-5,10,14-15,25H,6-9,11-12H2,1H3,(H,21,26). The second-order valence-electron chi connectivity index (χ2n) is 7.34. The first-order chi connectivity index (χ1) is 13.5. The molecule has 2 N–H and O–H groups in total. The first-order valence-electron chi connectivity index (χ1n) is 9.57. The number of aryl methyl sites for hydroxylation is 1. The Bertz CT molecular complexity index is 889. The molecule has 7 nitrogen and oxygen atoms in total. The van der Waals surface area contributed by atoms with Crippen LogP contribution >= 0.6 is 11.8 Å². The van der Waals surface area contributed by atoms with Crippen LogP contribution in [0.5, 0.6) is 0 Å². The van der Waals surface area contributed by atoms with Crippen LogP contribution in [0.25, 0.3) is 0 Å². The lowest BCUT2D eigenvalue weighted by Gasteiger charge is -2.31. The van der Waals surface area contributed by atoms with Crippen molar-refractivity contribution >= 4 is 23.6 Å². The van der Waals surface area contributed by atoms with Crippen LogP contribution in [0.3, 0.4) is 0 Å². The van der Waals surface area contributed by atoms with E-state index in [0.717, 1.165) is 12.8 Å². The first kappa shape index (κ1) is 19.0. The molecule has 1 atom stereocenters. The van der Waals surface area contributed by atoms with E-state index in [1.165, 1.54) is 21.2 Å². The summed E-state index contributed by atoms with van der Waals surface area (Å²) in [6.07, 6.45) is 1.15. The van der Waals surface area contributed by atoms with E-state index in [9.17, 15) is 14.7 Å². The van der Waals surface area contributed by atoms with Crippen LogP contribution in [0.1, 0.15) is 39.4 Å². The third-order valence-corrected chi connectivity index (χ3v) is 6.75. The number of fused-ring (bicyclic) bond motifs is 1. The van der Waals surface area contributed by atoms with Crippen molar-refractivity contribution < 1.29 is 14.7 Å². The molecule has 0 aliphatic carbocycles. The number of thioether (sulfide) groups is 1. The molecule has 4 rings (SSSR count). The molecular formula is C20H24N4O3S. The van der Waals surface area contributed by atoms with E-state index >= 15 is 0 Å². The molecule has 2 aliphatic rings. The van der Waals surface area contributed by atoms with Gasteiger partial charge in [-0.2, -0.15) is 5.10 Å². The zero-order chi connectivity index (χ0) is 19.7. The number of nitrogens with zero attached hydrogens (tertiary/aromatic N) is 3. The number of hydrogen-bond donors (Lipinski definition) is 2. The highest BCUT2D eigenvalue weighted by atomic mass is 32.2. The molecule has 1 fully saturated rings. The number of nitrogens with one attached hydrogen (secondary N) is 1. The first-order valence-corrected chi connectivity index (χ1v) is 10.4. The molecule has 0 radical (unpaired) electrons. The molecule has 0 spiro atoms. The number of carbonyl (C=O) groups is 2. The lowest BCUT2D eigenvalue weighted by atomic mass is 10.1. The lowest BCUT2D eigenvalue weighted by Crippen LogP contribution is -2.39. The molecule has 1 aromatic carbocycles. The Labute approximate surface area is 168 Å². The van der Waals surface area contributed by atoms with Crippen LogP contribution < -0.4 is 5.32 Å². The summed E-state index contributed by atoms with van der Waals surface area (Å²) >= 11 is 1.89. The van der Waals surface area contributed by atoms with Gasteiger partial charge in [0.05, 0.1) is 12.6 Å². The van der Waals surface area contributed by atoms with Crippen molar-refractivity contribution in [3.05, 3.63) is 47.3 Å². The van der Waals surface area contributed by atoms with Gasteiger partial charge in [0.25, 0.3) is 11.8 Å². The lowest BCUT2D eigenvalue weighted by molar-refractivity contribution is 0.0719. The highest BCUT2D eigenvalue weighted by Gasteiger charge is 2.29. The summed E-state index contributed by atoms with van der Waals surface area (Å²) in [5, 5.41) is 17.3. The third-order valence-electron chi connectivity index (χ3n) is 5.23. The van der Waals surface area contributed by atoms with Crippen molar-refractivity contribution in [2.75, 3.05) is 19.6 Å². The minimum atomic E-state index is -0.706. The number of carbonyl (C=O) groups excluding carboxylic acids is 2. The van der Waals surface area contributed by atoms with Crippen molar-refractivity contribution in [1.82, 2.24) is 20.0 Å². The van der Waals surface area contributed by atoms with E-state index in [0.29, 0.717) is 24.0 Å². The number of rotatable bonds is 3. The van der Waals surface area contributed by atoms with Gasteiger partial charge in [-0.15, -0.1) is 11.8 Å². The van der Waals surface area contributed by atoms with Crippen molar-refractivity contribution in [3.8, 4) is 0 Å². The quantitative estimate of drug-likeness (QED) is 0.819. The van der Waals surface area contributed by atoms with Gasteiger partial charge in [0.15, 0.2) is 5.69 Å². The Morgan fingerprint density at radius 3 is 2.79 bits per heavy atom. The maximum Gasteiger partial charge on any atom is 0.274 e. The molecule has 1 saturated heterocycles. The summed E-state index contributed by atoms with van der Waals surface area (Å²) in [6, 6.07) is 9.91. The molecule has 28 heavy (non-hydrogen) atoms. The fourth-order valence-corrected chi connectivity index (χ4v) is 4.83. The van der Waals surface area contributed by atoms with Crippen molar-refractivity contribution in [3.63, 3.8) is 0 Å².